The van der Waals surface area contributed by atoms with E-state index in [1.807, 2.05) is 29.0 Å². The molecule has 1 N–H and O–H groups in total. The first-order valence-corrected chi connectivity index (χ1v) is 8.02. The van der Waals surface area contributed by atoms with E-state index < -0.39 is 10.8 Å². The number of para-hydroxylation sites is 1. The zero-order valence-corrected chi connectivity index (χ0v) is 11.5. The highest BCUT2D eigenvalue weighted by molar-refractivity contribution is 7.85. The average Bonchev–Trinajstić information content (AvgIpc) is 2.90. The molecular weight excluding hydrogens is 258 g/mol. The Morgan fingerprint density at radius 2 is 1.95 bits per heavy atom. The highest BCUT2D eigenvalue weighted by Gasteiger charge is 2.19. The van der Waals surface area contributed by atoms with E-state index in [0.29, 0.717) is 6.04 Å². The summed E-state index contributed by atoms with van der Waals surface area (Å²) in [5.41, 5.74) is 1.10. The number of aromatic nitrogens is 2. The molecule has 2 heterocycles. The Morgan fingerprint density at radius 3 is 2.68 bits per heavy atom. The van der Waals surface area contributed by atoms with Gasteiger partial charge in [0, 0.05) is 46.4 Å². The van der Waals surface area contributed by atoms with Crippen molar-refractivity contribution in [3.05, 3.63) is 42.7 Å². The van der Waals surface area contributed by atoms with Crippen LogP contribution in [-0.2, 0) is 10.8 Å². The van der Waals surface area contributed by atoms with Gasteiger partial charge in [0.25, 0.3) is 0 Å². The Labute approximate surface area is 115 Å². The van der Waals surface area contributed by atoms with Crippen LogP contribution >= 0.6 is 0 Å². The Kier molecular flexibility index (Phi) is 3.64. The lowest BCUT2D eigenvalue weighted by Gasteiger charge is -2.23. The third kappa shape index (κ3) is 2.87. The summed E-state index contributed by atoms with van der Waals surface area (Å²) in [6.45, 7) is 0. The van der Waals surface area contributed by atoms with Gasteiger partial charge in [-0.25, -0.2) is 4.98 Å². The normalized spacial score (nSPS) is 23.2. The number of benzene rings is 1. The summed E-state index contributed by atoms with van der Waals surface area (Å²) >= 11 is 0. The Hall–Kier alpha value is -1.62. The molecular formula is C14H17N3OS. The Bertz CT molecular complexity index is 557. The molecule has 0 aliphatic carbocycles. The molecule has 1 aliphatic rings. The van der Waals surface area contributed by atoms with Gasteiger partial charge in [-0.05, 0) is 25.0 Å². The van der Waals surface area contributed by atoms with Crippen molar-refractivity contribution < 1.29 is 4.21 Å². The average molecular weight is 275 g/mol. The second kappa shape index (κ2) is 5.57. The molecule has 0 amide bonds. The fourth-order valence-corrected chi connectivity index (χ4v) is 3.63. The second-order valence-electron chi connectivity index (χ2n) is 4.72. The maximum absolute atomic E-state index is 11.4. The molecule has 2 aromatic rings. The van der Waals surface area contributed by atoms with Crippen molar-refractivity contribution in [1.82, 2.24) is 9.55 Å². The van der Waals surface area contributed by atoms with Crippen LogP contribution in [0.15, 0.2) is 42.7 Å². The fourth-order valence-electron chi connectivity index (χ4n) is 2.33. The van der Waals surface area contributed by atoms with Crippen LogP contribution in [0.2, 0.25) is 0 Å². The van der Waals surface area contributed by atoms with Crippen molar-refractivity contribution in [3.8, 4) is 5.69 Å². The van der Waals surface area contributed by atoms with Crippen LogP contribution < -0.4 is 5.32 Å². The summed E-state index contributed by atoms with van der Waals surface area (Å²) in [6.07, 6.45) is 5.66. The summed E-state index contributed by atoms with van der Waals surface area (Å²) in [5.74, 6) is 2.46. The van der Waals surface area contributed by atoms with Gasteiger partial charge in [0.1, 0.15) is 0 Å². The summed E-state index contributed by atoms with van der Waals surface area (Å²) in [6, 6.07) is 10.5. The minimum absolute atomic E-state index is 0.377. The van der Waals surface area contributed by atoms with Crippen LogP contribution in [0.4, 0.5) is 5.95 Å². The van der Waals surface area contributed by atoms with E-state index in [0.717, 1.165) is 36.0 Å². The molecule has 3 rings (SSSR count). The predicted molar refractivity (Wildman–Crippen MR) is 78.1 cm³/mol. The van der Waals surface area contributed by atoms with Crippen LogP contribution in [0.3, 0.4) is 0 Å². The van der Waals surface area contributed by atoms with Crippen LogP contribution in [0.1, 0.15) is 12.8 Å². The first-order valence-electron chi connectivity index (χ1n) is 6.53. The lowest BCUT2D eigenvalue weighted by atomic mass is 10.2. The highest BCUT2D eigenvalue weighted by Crippen LogP contribution is 2.18. The molecule has 1 aromatic heterocycles. The van der Waals surface area contributed by atoms with E-state index in [4.69, 9.17) is 0 Å². The van der Waals surface area contributed by atoms with Crippen molar-refractivity contribution in [2.24, 2.45) is 0 Å². The number of nitrogens with zero attached hydrogens (tertiary/aromatic N) is 2. The molecule has 5 heteroatoms. The molecule has 0 saturated carbocycles. The standard InChI is InChI=1S/C14H17N3OS/c18-19-10-6-12(7-11-19)16-14-15-8-9-17(14)13-4-2-1-3-5-13/h1-5,8-9,12H,6-7,10-11H2,(H,15,16). The zero-order chi connectivity index (χ0) is 13.1. The molecule has 19 heavy (non-hydrogen) atoms. The van der Waals surface area contributed by atoms with Gasteiger partial charge in [-0.2, -0.15) is 0 Å². The number of rotatable bonds is 3. The maximum atomic E-state index is 11.4. The second-order valence-corrected chi connectivity index (χ2v) is 6.42. The number of imidazole rings is 1. The van der Waals surface area contributed by atoms with E-state index >= 15 is 0 Å². The van der Waals surface area contributed by atoms with Gasteiger partial charge in [0.15, 0.2) is 0 Å². The van der Waals surface area contributed by atoms with E-state index in [1.165, 1.54) is 0 Å². The van der Waals surface area contributed by atoms with Crippen LogP contribution in [0.5, 0.6) is 0 Å². The third-order valence-electron chi connectivity index (χ3n) is 3.40. The minimum atomic E-state index is -0.618. The van der Waals surface area contributed by atoms with Gasteiger partial charge in [-0.1, -0.05) is 18.2 Å². The number of hydrogen-bond acceptors (Lipinski definition) is 3. The minimum Gasteiger partial charge on any atom is -0.353 e. The number of anilines is 1. The fraction of sp³-hybridized carbons (Fsp3) is 0.357. The molecule has 0 bridgehead atoms. The molecule has 0 unspecified atom stereocenters. The zero-order valence-electron chi connectivity index (χ0n) is 10.7. The monoisotopic (exact) mass is 275 g/mol. The van der Waals surface area contributed by atoms with Crippen molar-refractivity contribution >= 4 is 16.7 Å². The molecule has 100 valence electrons. The van der Waals surface area contributed by atoms with Crippen LogP contribution in [-0.4, -0.2) is 31.3 Å². The van der Waals surface area contributed by atoms with E-state index in [9.17, 15) is 4.21 Å². The summed E-state index contributed by atoms with van der Waals surface area (Å²) < 4.78 is 13.4. The highest BCUT2D eigenvalue weighted by atomic mass is 32.2. The molecule has 1 fully saturated rings. The molecule has 1 aromatic carbocycles. The Morgan fingerprint density at radius 1 is 1.21 bits per heavy atom. The van der Waals surface area contributed by atoms with E-state index in [1.54, 1.807) is 6.20 Å². The molecule has 0 spiro atoms. The molecule has 0 atom stereocenters. The smallest absolute Gasteiger partial charge is 0.207 e. The lowest BCUT2D eigenvalue weighted by molar-refractivity contribution is 0.619. The molecule has 1 aliphatic heterocycles. The quantitative estimate of drug-likeness (QED) is 0.934. The van der Waals surface area contributed by atoms with E-state index in [2.05, 4.69) is 22.4 Å². The van der Waals surface area contributed by atoms with Gasteiger partial charge in [-0.15, -0.1) is 0 Å². The van der Waals surface area contributed by atoms with Crippen molar-refractivity contribution in [2.45, 2.75) is 18.9 Å². The van der Waals surface area contributed by atoms with Gasteiger partial charge < -0.3 is 5.32 Å². The largest absolute Gasteiger partial charge is 0.353 e. The number of nitrogens with one attached hydrogen (secondary N) is 1. The first-order chi connectivity index (χ1) is 9.33. The predicted octanol–water partition coefficient (Wildman–Crippen LogP) is 2.20. The van der Waals surface area contributed by atoms with Crippen molar-refractivity contribution in [3.63, 3.8) is 0 Å². The van der Waals surface area contributed by atoms with E-state index in [-0.39, 0.29) is 0 Å². The first kappa shape index (κ1) is 12.4. The maximum Gasteiger partial charge on any atom is 0.207 e. The van der Waals surface area contributed by atoms with Gasteiger partial charge in [-0.3, -0.25) is 8.78 Å². The topological polar surface area (TPSA) is 46.9 Å². The molecule has 1 saturated heterocycles. The molecule has 4 nitrogen and oxygen atoms in total. The Balaban J connectivity index is 1.76. The third-order valence-corrected chi connectivity index (χ3v) is 4.78. The van der Waals surface area contributed by atoms with Crippen LogP contribution in [0, 0.1) is 0 Å². The van der Waals surface area contributed by atoms with Crippen molar-refractivity contribution in [1.29, 1.82) is 0 Å². The lowest BCUT2D eigenvalue weighted by Crippen LogP contribution is -2.30. The van der Waals surface area contributed by atoms with Crippen LogP contribution in [0.25, 0.3) is 5.69 Å². The summed E-state index contributed by atoms with van der Waals surface area (Å²) in [5, 5.41) is 3.47. The summed E-state index contributed by atoms with van der Waals surface area (Å²) in [4.78, 5) is 4.38. The van der Waals surface area contributed by atoms with Gasteiger partial charge in [0.2, 0.25) is 5.95 Å². The van der Waals surface area contributed by atoms with Crippen molar-refractivity contribution in [2.75, 3.05) is 16.8 Å². The SMILES string of the molecule is O=S1CCC(Nc2nccn2-c2ccccc2)CC1. The number of hydrogen-bond donors (Lipinski definition) is 1. The molecule has 0 radical (unpaired) electrons. The summed E-state index contributed by atoms with van der Waals surface area (Å²) in [7, 11) is -0.618. The van der Waals surface area contributed by atoms with Gasteiger partial charge in [0.05, 0.1) is 0 Å². The van der Waals surface area contributed by atoms with Gasteiger partial charge >= 0.3 is 0 Å².